The Morgan fingerprint density at radius 1 is 1.29 bits per heavy atom. The first kappa shape index (κ1) is 15.4. The Kier molecular flexibility index (Phi) is 4.56. The molecule has 0 heterocycles. The number of carbonyl (C=O) groups excluding carboxylic acids is 1. The summed E-state index contributed by atoms with van der Waals surface area (Å²) in [5, 5.41) is 0. The summed E-state index contributed by atoms with van der Waals surface area (Å²) in [4.78, 5) is 11.5. The Bertz CT molecular complexity index is 550. The van der Waals surface area contributed by atoms with Crippen LogP contribution in [0.1, 0.15) is 30.9 Å². The van der Waals surface area contributed by atoms with E-state index in [1.165, 1.54) is 6.92 Å². The number of hydrogen-bond acceptors (Lipinski definition) is 4. The number of carbonyl (C=O) groups is 1. The standard InChI is InChI=1S/C17H22O4/c1-5-9-17(21-12(2)18)10-8-13-14(11-17)16(20-4)7-6-15(13)19-3/h5-7H,1,8-11H2,2-4H3/t17-/m0/s1. The summed E-state index contributed by atoms with van der Waals surface area (Å²) in [7, 11) is 3.32. The average molecular weight is 290 g/mol. The van der Waals surface area contributed by atoms with Crippen molar-refractivity contribution in [3.63, 3.8) is 0 Å². The Balaban J connectivity index is 2.45. The van der Waals surface area contributed by atoms with Crippen molar-refractivity contribution >= 4 is 5.97 Å². The van der Waals surface area contributed by atoms with Crippen LogP contribution in [-0.2, 0) is 22.4 Å². The zero-order valence-corrected chi connectivity index (χ0v) is 12.9. The van der Waals surface area contributed by atoms with Gasteiger partial charge in [-0.25, -0.2) is 0 Å². The highest BCUT2D eigenvalue weighted by Crippen LogP contribution is 2.42. The number of benzene rings is 1. The summed E-state index contributed by atoms with van der Waals surface area (Å²) >= 11 is 0. The van der Waals surface area contributed by atoms with Gasteiger partial charge in [0.2, 0.25) is 0 Å². The van der Waals surface area contributed by atoms with Gasteiger partial charge in [-0.2, -0.15) is 0 Å². The van der Waals surface area contributed by atoms with Gasteiger partial charge in [0, 0.05) is 30.9 Å². The molecule has 0 fully saturated rings. The van der Waals surface area contributed by atoms with Gasteiger partial charge in [0.25, 0.3) is 0 Å². The van der Waals surface area contributed by atoms with Crippen LogP contribution in [0.15, 0.2) is 24.8 Å². The summed E-state index contributed by atoms with van der Waals surface area (Å²) in [6, 6.07) is 3.82. The molecule has 0 N–H and O–H groups in total. The molecule has 0 saturated heterocycles. The maximum absolute atomic E-state index is 11.5. The van der Waals surface area contributed by atoms with Crippen LogP contribution in [0.4, 0.5) is 0 Å². The molecular formula is C17H22O4. The number of methoxy groups -OCH3 is 2. The molecule has 1 atom stereocenters. The van der Waals surface area contributed by atoms with Crippen molar-refractivity contribution in [1.29, 1.82) is 0 Å². The van der Waals surface area contributed by atoms with Gasteiger partial charge in [0.1, 0.15) is 17.1 Å². The minimum absolute atomic E-state index is 0.262. The number of rotatable bonds is 5. The van der Waals surface area contributed by atoms with Gasteiger partial charge in [-0.1, -0.05) is 6.08 Å². The quantitative estimate of drug-likeness (QED) is 0.617. The minimum Gasteiger partial charge on any atom is -0.496 e. The molecule has 0 unspecified atom stereocenters. The molecule has 0 saturated carbocycles. The van der Waals surface area contributed by atoms with Crippen LogP contribution < -0.4 is 9.47 Å². The molecule has 0 aliphatic heterocycles. The molecule has 2 rings (SSSR count). The summed E-state index contributed by atoms with van der Waals surface area (Å²) in [5.74, 6) is 1.41. The summed E-state index contributed by atoms with van der Waals surface area (Å²) in [6.07, 6.45) is 4.60. The van der Waals surface area contributed by atoms with Crippen LogP contribution in [0.25, 0.3) is 0 Å². The van der Waals surface area contributed by atoms with Crippen LogP contribution in [0, 0.1) is 0 Å². The second-order valence-corrected chi connectivity index (χ2v) is 5.37. The van der Waals surface area contributed by atoms with E-state index in [0.717, 1.165) is 35.5 Å². The van der Waals surface area contributed by atoms with Crippen LogP contribution >= 0.6 is 0 Å². The van der Waals surface area contributed by atoms with E-state index in [4.69, 9.17) is 14.2 Å². The van der Waals surface area contributed by atoms with Gasteiger partial charge in [-0.05, 0) is 25.0 Å². The fourth-order valence-electron chi connectivity index (χ4n) is 3.13. The SMILES string of the molecule is C=CC[C@]1(OC(C)=O)CCc2c(OC)ccc(OC)c2C1. The molecule has 0 bridgehead atoms. The van der Waals surface area contributed by atoms with Crippen molar-refractivity contribution in [2.45, 2.75) is 38.2 Å². The second-order valence-electron chi connectivity index (χ2n) is 5.37. The monoisotopic (exact) mass is 290 g/mol. The maximum Gasteiger partial charge on any atom is 0.303 e. The van der Waals surface area contributed by atoms with E-state index in [1.807, 2.05) is 12.1 Å². The van der Waals surface area contributed by atoms with Crippen LogP contribution in [0.3, 0.4) is 0 Å². The van der Waals surface area contributed by atoms with Crippen molar-refractivity contribution in [3.05, 3.63) is 35.9 Å². The topological polar surface area (TPSA) is 44.8 Å². The second kappa shape index (κ2) is 6.20. The Hall–Kier alpha value is -1.97. The lowest BCUT2D eigenvalue weighted by Gasteiger charge is -2.37. The van der Waals surface area contributed by atoms with E-state index in [0.29, 0.717) is 12.8 Å². The highest BCUT2D eigenvalue weighted by atomic mass is 16.6. The van der Waals surface area contributed by atoms with Crippen LogP contribution in [0.2, 0.25) is 0 Å². The fraction of sp³-hybridized carbons (Fsp3) is 0.471. The molecule has 1 aromatic rings. The lowest BCUT2D eigenvalue weighted by molar-refractivity contribution is -0.158. The molecule has 1 aliphatic rings. The van der Waals surface area contributed by atoms with E-state index in [-0.39, 0.29) is 5.97 Å². The van der Waals surface area contributed by atoms with Crippen molar-refractivity contribution in [3.8, 4) is 11.5 Å². The molecule has 1 aromatic carbocycles. The molecule has 0 spiro atoms. The molecule has 114 valence electrons. The van der Waals surface area contributed by atoms with Gasteiger partial charge in [0.05, 0.1) is 14.2 Å². The lowest BCUT2D eigenvalue weighted by Crippen LogP contribution is -2.40. The third-order valence-electron chi connectivity index (χ3n) is 3.99. The van der Waals surface area contributed by atoms with Gasteiger partial charge in [0.15, 0.2) is 0 Å². The van der Waals surface area contributed by atoms with E-state index in [2.05, 4.69) is 6.58 Å². The van der Waals surface area contributed by atoms with Gasteiger partial charge in [-0.3, -0.25) is 4.79 Å². The molecule has 21 heavy (non-hydrogen) atoms. The summed E-state index contributed by atoms with van der Waals surface area (Å²) in [5.41, 5.74) is 1.68. The maximum atomic E-state index is 11.5. The third kappa shape index (κ3) is 3.04. The number of esters is 1. The molecule has 0 radical (unpaired) electrons. The van der Waals surface area contributed by atoms with Crippen LogP contribution in [-0.4, -0.2) is 25.8 Å². The molecule has 4 nitrogen and oxygen atoms in total. The molecular weight excluding hydrogens is 268 g/mol. The fourth-order valence-corrected chi connectivity index (χ4v) is 3.13. The third-order valence-corrected chi connectivity index (χ3v) is 3.99. The zero-order valence-electron chi connectivity index (χ0n) is 12.9. The summed E-state index contributed by atoms with van der Waals surface area (Å²) in [6.45, 7) is 5.24. The van der Waals surface area contributed by atoms with E-state index >= 15 is 0 Å². The highest BCUT2D eigenvalue weighted by Gasteiger charge is 2.38. The van der Waals surface area contributed by atoms with E-state index in [1.54, 1.807) is 20.3 Å². The van der Waals surface area contributed by atoms with Crippen molar-refractivity contribution in [1.82, 2.24) is 0 Å². The first-order valence-electron chi connectivity index (χ1n) is 7.08. The molecule has 0 amide bonds. The van der Waals surface area contributed by atoms with Gasteiger partial charge < -0.3 is 14.2 Å². The average Bonchev–Trinajstić information content (AvgIpc) is 2.45. The van der Waals surface area contributed by atoms with Gasteiger partial charge in [-0.15, -0.1) is 6.58 Å². The first-order valence-corrected chi connectivity index (χ1v) is 7.08. The van der Waals surface area contributed by atoms with Crippen molar-refractivity contribution in [2.75, 3.05) is 14.2 Å². The first-order chi connectivity index (χ1) is 10.0. The minimum atomic E-state index is -0.528. The lowest BCUT2D eigenvalue weighted by atomic mass is 9.77. The number of hydrogen-bond donors (Lipinski definition) is 0. The predicted octanol–water partition coefficient (Wildman–Crippen LogP) is 3.07. The molecule has 0 aromatic heterocycles. The van der Waals surface area contributed by atoms with E-state index < -0.39 is 5.60 Å². The highest BCUT2D eigenvalue weighted by molar-refractivity contribution is 5.67. The normalized spacial score (nSPS) is 20.3. The molecule has 1 aliphatic carbocycles. The smallest absolute Gasteiger partial charge is 0.303 e. The van der Waals surface area contributed by atoms with E-state index in [9.17, 15) is 4.79 Å². The zero-order chi connectivity index (χ0) is 15.5. The largest absolute Gasteiger partial charge is 0.496 e. The van der Waals surface area contributed by atoms with Crippen LogP contribution in [0.5, 0.6) is 11.5 Å². The number of ether oxygens (including phenoxy) is 3. The van der Waals surface area contributed by atoms with Crippen molar-refractivity contribution < 1.29 is 19.0 Å². The Labute approximate surface area is 125 Å². The molecule has 4 heteroatoms. The Morgan fingerprint density at radius 3 is 2.43 bits per heavy atom. The Morgan fingerprint density at radius 2 is 1.90 bits per heavy atom. The van der Waals surface area contributed by atoms with Gasteiger partial charge >= 0.3 is 5.97 Å². The summed E-state index contributed by atoms with van der Waals surface area (Å²) < 4.78 is 16.5. The predicted molar refractivity (Wildman–Crippen MR) is 80.9 cm³/mol. The van der Waals surface area contributed by atoms with Crippen molar-refractivity contribution in [2.24, 2.45) is 0 Å². The number of fused-ring (bicyclic) bond motifs is 1.